The molecule has 3 heterocycles. The van der Waals surface area contributed by atoms with Crippen LogP contribution in [-0.2, 0) is 25.6 Å². The molecule has 0 aliphatic carbocycles. The first-order chi connectivity index (χ1) is 22.3. The van der Waals surface area contributed by atoms with Gasteiger partial charge in [0.2, 0.25) is 11.9 Å². The number of piperidine rings is 1. The van der Waals surface area contributed by atoms with E-state index in [1.54, 1.807) is 33.2 Å². The predicted molar refractivity (Wildman–Crippen MR) is 173 cm³/mol. The lowest BCUT2D eigenvalue weighted by Crippen LogP contribution is -2.37. The molecular weight excluding hydrogens is 608 g/mol. The van der Waals surface area contributed by atoms with Gasteiger partial charge in [-0.05, 0) is 76.3 Å². The minimum Gasteiger partial charge on any atom is -0.466 e. The van der Waals surface area contributed by atoms with Crippen LogP contribution in [0.2, 0.25) is 0 Å². The lowest BCUT2D eigenvalue weighted by molar-refractivity contribution is -0.148. The summed E-state index contributed by atoms with van der Waals surface area (Å²) in [4.78, 5) is 47.1. The number of hydrogen-bond donors (Lipinski definition) is 1. The highest BCUT2D eigenvalue weighted by Crippen LogP contribution is 2.36. The van der Waals surface area contributed by atoms with Gasteiger partial charge in [0.25, 0.3) is 0 Å². The Morgan fingerprint density at radius 3 is 2.47 bits per heavy atom. The van der Waals surface area contributed by atoms with Crippen LogP contribution >= 0.6 is 0 Å². The fourth-order valence-corrected chi connectivity index (χ4v) is 6.33. The second kappa shape index (κ2) is 14.1. The SMILES string of the molecule is CCOC(=O)C1CCN(c2cc(C)ccc2Cn2ccnc2NC(=O)C2CN(C(=O)OC(C)(C)C)C[C@H]2c2ccc(F)cc2F)CC1. The van der Waals surface area contributed by atoms with Crippen molar-refractivity contribution in [2.24, 2.45) is 11.8 Å². The normalized spacial score (nSPS) is 18.7. The van der Waals surface area contributed by atoms with Crippen molar-refractivity contribution in [1.29, 1.82) is 0 Å². The number of rotatable bonds is 8. The van der Waals surface area contributed by atoms with Gasteiger partial charge in [0.05, 0.1) is 25.0 Å². The summed E-state index contributed by atoms with van der Waals surface area (Å²) in [6.45, 7) is 11.3. The Labute approximate surface area is 274 Å². The Morgan fingerprint density at radius 2 is 1.79 bits per heavy atom. The van der Waals surface area contributed by atoms with Gasteiger partial charge in [-0.2, -0.15) is 0 Å². The molecule has 5 rings (SSSR count). The van der Waals surface area contributed by atoms with Crippen LogP contribution in [-0.4, -0.2) is 70.8 Å². The highest BCUT2D eigenvalue weighted by Gasteiger charge is 2.43. The van der Waals surface area contributed by atoms with E-state index >= 15 is 0 Å². The molecule has 2 amide bonds. The van der Waals surface area contributed by atoms with Gasteiger partial charge in [-0.3, -0.25) is 14.9 Å². The number of aromatic nitrogens is 2. The van der Waals surface area contributed by atoms with Crippen LogP contribution in [0.1, 0.15) is 63.1 Å². The Bertz CT molecular complexity index is 1610. The van der Waals surface area contributed by atoms with Crippen LogP contribution in [0.15, 0.2) is 48.8 Å². The Kier molecular flexibility index (Phi) is 10.2. The largest absolute Gasteiger partial charge is 0.466 e. The molecule has 0 saturated carbocycles. The number of nitrogens with one attached hydrogen (secondary N) is 1. The van der Waals surface area contributed by atoms with E-state index in [2.05, 4.69) is 27.3 Å². The number of carbonyl (C=O) groups excluding carboxylic acids is 3. The zero-order valence-electron chi connectivity index (χ0n) is 27.6. The number of benzene rings is 2. The summed E-state index contributed by atoms with van der Waals surface area (Å²) in [5, 5.41) is 2.90. The second-order valence-corrected chi connectivity index (χ2v) is 13.3. The third kappa shape index (κ3) is 8.09. The van der Waals surface area contributed by atoms with Crippen molar-refractivity contribution in [2.75, 3.05) is 43.0 Å². The minimum absolute atomic E-state index is 0.00714. The van der Waals surface area contributed by atoms with Crippen LogP contribution in [0.25, 0.3) is 0 Å². The number of imidazole rings is 1. The minimum atomic E-state index is -0.844. The molecule has 2 atom stereocenters. The summed E-state index contributed by atoms with van der Waals surface area (Å²) in [6, 6.07) is 9.46. The molecule has 47 heavy (non-hydrogen) atoms. The molecular formula is C35H43F2N5O5. The smallest absolute Gasteiger partial charge is 0.410 e. The highest BCUT2D eigenvalue weighted by atomic mass is 19.1. The van der Waals surface area contributed by atoms with Crippen molar-refractivity contribution in [2.45, 2.75) is 65.5 Å². The van der Waals surface area contributed by atoms with E-state index in [-0.39, 0.29) is 30.5 Å². The molecule has 1 aromatic heterocycles. The number of esters is 1. The van der Waals surface area contributed by atoms with E-state index < -0.39 is 41.1 Å². The second-order valence-electron chi connectivity index (χ2n) is 13.3. The summed E-state index contributed by atoms with van der Waals surface area (Å²) in [5.41, 5.74) is 2.56. The van der Waals surface area contributed by atoms with Crippen molar-refractivity contribution in [3.8, 4) is 0 Å². The van der Waals surface area contributed by atoms with Crippen LogP contribution in [0.4, 0.5) is 25.2 Å². The fraction of sp³-hybridized carbons (Fsp3) is 0.486. The first-order valence-corrected chi connectivity index (χ1v) is 16.1. The molecule has 2 aliphatic heterocycles. The summed E-state index contributed by atoms with van der Waals surface area (Å²) < 4.78 is 41.3. The van der Waals surface area contributed by atoms with Crippen molar-refractivity contribution < 1.29 is 32.6 Å². The molecule has 1 unspecified atom stereocenters. The van der Waals surface area contributed by atoms with E-state index in [0.29, 0.717) is 45.0 Å². The van der Waals surface area contributed by atoms with Gasteiger partial charge < -0.3 is 23.8 Å². The number of ether oxygens (including phenoxy) is 2. The monoisotopic (exact) mass is 651 g/mol. The molecule has 0 bridgehead atoms. The Morgan fingerprint density at radius 1 is 1.04 bits per heavy atom. The zero-order chi connectivity index (χ0) is 33.9. The number of carbonyl (C=O) groups is 3. The standard InChI is InChI=1S/C35H43F2N5O5/c1-6-46-32(44)23-11-14-40(15-12-23)30-17-22(2)7-8-24(30)19-41-16-13-38-33(41)39-31(43)28-21-42(34(45)47-35(3,4)5)20-27(28)26-10-9-25(36)18-29(26)37/h7-10,13,16-18,23,27-28H,6,11-12,14-15,19-21H2,1-5H3,(H,38,39,43)/t27-,28?/m0/s1. The van der Waals surface area contributed by atoms with Crippen molar-refractivity contribution in [3.05, 3.63) is 77.1 Å². The van der Waals surface area contributed by atoms with Crippen molar-refractivity contribution in [3.63, 3.8) is 0 Å². The van der Waals surface area contributed by atoms with Crippen LogP contribution in [0.3, 0.4) is 0 Å². The number of anilines is 2. The molecule has 2 aromatic carbocycles. The lowest BCUT2D eigenvalue weighted by atomic mass is 9.88. The van der Waals surface area contributed by atoms with Gasteiger partial charge in [0.15, 0.2) is 0 Å². The molecule has 0 spiro atoms. The van der Waals surface area contributed by atoms with Crippen molar-refractivity contribution >= 4 is 29.6 Å². The molecule has 2 fully saturated rings. The number of aryl methyl sites for hydroxylation is 1. The maximum absolute atomic E-state index is 15.0. The number of hydrogen-bond acceptors (Lipinski definition) is 7. The van der Waals surface area contributed by atoms with Gasteiger partial charge in [-0.25, -0.2) is 18.6 Å². The molecule has 2 saturated heterocycles. The van der Waals surface area contributed by atoms with Gasteiger partial charge in [0, 0.05) is 56.2 Å². The average molecular weight is 652 g/mol. The molecule has 0 radical (unpaired) electrons. The van der Waals surface area contributed by atoms with Crippen LogP contribution < -0.4 is 10.2 Å². The van der Waals surface area contributed by atoms with Gasteiger partial charge >= 0.3 is 12.1 Å². The number of likely N-dealkylation sites (tertiary alicyclic amines) is 1. The summed E-state index contributed by atoms with van der Waals surface area (Å²) >= 11 is 0. The summed E-state index contributed by atoms with van der Waals surface area (Å²) in [6.07, 6.45) is 4.16. The maximum Gasteiger partial charge on any atom is 0.410 e. The zero-order valence-corrected chi connectivity index (χ0v) is 27.6. The summed E-state index contributed by atoms with van der Waals surface area (Å²) in [7, 11) is 0. The molecule has 12 heteroatoms. The van der Waals surface area contributed by atoms with E-state index in [1.807, 2.05) is 24.5 Å². The van der Waals surface area contributed by atoms with Gasteiger partial charge in [-0.15, -0.1) is 0 Å². The molecule has 2 aliphatic rings. The van der Waals surface area contributed by atoms with Crippen LogP contribution in [0.5, 0.6) is 0 Å². The van der Waals surface area contributed by atoms with Gasteiger partial charge in [-0.1, -0.05) is 18.2 Å². The topological polar surface area (TPSA) is 106 Å². The van der Waals surface area contributed by atoms with E-state index in [4.69, 9.17) is 9.47 Å². The highest BCUT2D eigenvalue weighted by molar-refractivity contribution is 5.93. The average Bonchev–Trinajstić information content (AvgIpc) is 3.65. The number of amides is 2. The number of halogens is 2. The van der Waals surface area contributed by atoms with Gasteiger partial charge in [0.1, 0.15) is 17.2 Å². The van der Waals surface area contributed by atoms with E-state index in [1.165, 1.54) is 11.0 Å². The summed E-state index contributed by atoms with van der Waals surface area (Å²) in [5.74, 6) is -3.47. The third-order valence-corrected chi connectivity index (χ3v) is 8.66. The maximum atomic E-state index is 15.0. The third-order valence-electron chi connectivity index (χ3n) is 8.66. The van der Waals surface area contributed by atoms with E-state index in [9.17, 15) is 23.2 Å². The Hall–Kier alpha value is -4.48. The predicted octanol–water partition coefficient (Wildman–Crippen LogP) is 5.89. The molecule has 3 aromatic rings. The molecule has 1 N–H and O–H groups in total. The number of nitrogens with zero attached hydrogens (tertiary/aromatic N) is 4. The fourth-order valence-electron chi connectivity index (χ4n) is 6.33. The van der Waals surface area contributed by atoms with E-state index in [0.717, 1.165) is 28.9 Å². The first kappa shape index (κ1) is 33.9. The van der Waals surface area contributed by atoms with Crippen molar-refractivity contribution in [1.82, 2.24) is 14.5 Å². The molecule has 252 valence electrons. The first-order valence-electron chi connectivity index (χ1n) is 16.1. The lowest BCUT2D eigenvalue weighted by Gasteiger charge is -2.34. The molecule has 10 nitrogen and oxygen atoms in total. The Balaban J connectivity index is 1.34. The quantitative estimate of drug-likeness (QED) is 0.303. The van der Waals surface area contributed by atoms with Crippen LogP contribution in [0, 0.1) is 30.4 Å².